The summed E-state index contributed by atoms with van der Waals surface area (Å²) in [6, 6.07) is 14.0. The van der Waals surface area contributed by atoms with E-state index in [9.17, 15) is 14.7 Å². The van der Waals surface area contributed by atoms with Gasteiger partial charge in [-0.2, -0.15) is 0 Å². The van der Waals surface area contributed by atoms with Crippen molar-refractivity contribution in [1.29, 1.82) is 0 Å². The predicted octanol–water partition coefficient (Wildman–Crippen LogP) is 7.09. The van der Waals surface area contributed by atoms with E-state index < -0.39 is 11.9 Å². The van der Waals surface area contributed by atoms with Crippen molar-refractivity contribution < 1.29 is 24.5 Å². The maximum Gasteiger partial charge on any atom is 0.335 e. The summed E-state index contributed by atoms with van der Waals surface area (Å²) < 4.78 is 5.84. The zero-order chi connectivity index (χ0) is 23.9. The lowest BCUT2D eigenvalue weighted by molar-refractivity contribution is -0.131. The first-order valence-corrected chi connectivity index (χ1v) is 11.7. The monoisotopic (exact) mass is 450 g/mol. The Kier molecular flexibility index (Phi) is 11.5. The highest BCUT2D eigenvalue weighted by Gasteiger charge is 2.06. The number of benzene rings is 2. The van der Waals surface area contributed by atoms with E-state index in [1.54, 1.807) is 12.1 Å². The van der Waals surface area contributed by atoms with Crippen LogP contribution < -0.4 is 4.74 Å². The van der Waals surface area contributed by atoms with Gasteiger partial charge in [0.25, 0.3) is 0 Å². The highest BCUT2D eigenvalue weighted by atomic mass is 16.5. The topological polar surface area (TPSA) is 83.8 Å². The molecule has 5 nitrogen and oxygen atoms in total. The van der Waals surface area contributed by atoms with Crippen molar-refractivity contribution in [2.24, 2.45) is 0 Å². The zero-order valence-corrected chi connectivity index (χ0v) is 19.3. The third kappa shape index (κ3) is 10.2. The van der Waals surface area contributed by atoms with Crippen LogP contribution in [0.4, 0.5) is 0 Å². The molecule has 2 rings (SSSR count). The van der Waals surface area contributed by atoms with Gasteiger partial charge in [0.15, 0.2) is 0 Å². The Morgan fingerprint density at radius 2 is 1.45 bits per heavy atom. The van der Waals surface area contributed by atoms with Crippen molar-refractivity contribution in [3.05, 3.63) is 77.4 Å². The summed E-state index contributed by atoms with van der Waals surface area (Å²) >= 11 is 0. The van der Waals surface area contributed by atoms with E-state index in [1.807, 2.05) is 30.3 Å². The van der Waals surface area contributed by atoms with E-state index in [4.69, 9.17) is 9.84 Å². The van der Waals surface area contributed by atoms with Crippen molar-refractivity contribution in [2.45, 2.75) is 58.3 Å². The molecule has 0 unspecified atom stereocenters. The van der Waals surface area contributed by atoms with Crippen LogP contribution in [0.15, 0.2) is 60.7 Å². The van der Waals surface area contributed by atoms with Gasteiger partial charge in [0.1, 0.15) is 5.75 Å². The Labute approximate surface area is 196 Å². The van der Waals surface area contributed by atoms with Gasteiger partial charge in [-0.1, -0.05) is 76.1 Å². The van der Waals surface area contributed by atoms with Gasteiger partial charge < -0.3 is 14.9 Å². The quantitative estimate of drug-likeness (QED) is 0.131. The predicted molar refractivity (Wildman–Crippen MR) is 133 cm³/mol. The molecule has 33 heavy (non-hydrogen) atoms. The number of hydrogen-bond acceptors (Lipinski definition) is 3. The van der Waals surface area contributed by atoms with Crippen LogP contribution in [0.1, 0.15) is 79.8 Å². The minimum absolute atomic E-state index is 0.145. The molecule has 0 radical (unpaired) electrons. The van der Waals surface area contributed by atoms with Crippen LogP contribution in [-0.2, 0) is 4.79 Å². The molecule has 0 aliphatic rings. The van der Waals surface area contributed by atoms with Gasteiger partial charge in [-0.05, 0) is 59.5 Å². The lowest BCUT2D eigenvalue weighted by atomic mass is 10.00. The van der Waals surface area contributed by atoms with Crippen LogP contribution in [-0.4, -0.2) is 28.8 Å². The second-order valence-corrected chi connectivity index (χ2v) is 8.05. The second kappa shape index (κ2) is 14.7. The summed E-state index contributed by atoms with van der Waals surface area (Å²) in [5.41, 5.74) is 2.24. The van der Waals surface area contributed by atoms with Crippen LogP contribution in [0.5, 0.6) is 5.75 Å². The van der Waals surface area contributed by atoms with E-state index in [-0.39, 0.29) is 5.56 Å². The second-order valence-electron chi connectivity index (χ2n) is 8.05. The van der Waals surface area contributed by atoms with Crippen molar-refractivity contribution in [1.82, 2.24) is 0 Å². The molecule has 0 fully saturated rings. The summed E-state index contributed by atoms with van der Waals surface area (Å²) in [5, 5.41) is 18.3. The largest absolute Gasteiger partial charge is 0.494 e. The minimum Gasteiger partial charge on any atom is -0.494 e. The fraction of sp³-hybridized carbons (Fsp3) is 0.357. The molecule has 176 valence electrons. The van der Waals surface area contributed by atoms with Gasteiger partial charge in [-0.3, -0.25) is 0 Å². The number of carbonyl (C=O) groups is 2. The zero-order valence-electron chi connectivity index (χ0n) is 19.3. The highest BCUT2D eigenvalue weighted by Crippen LogP contribution is 2.23. The Morgan fingerprint density at radius 3 is 2.09 bits per heavy atom. The molecule has 0 aliphatic carbocycles. The summed E-state index contributed by atoms with van der Waals surface area (Å²) in [6.07, 6.45) is 14.4. The smallest absolute Gasteiger partial charge is 0.335 e. The lowest BCUT2D eigenvalue weighted by Gasteiger charge is -2.08. The van der Waals surface area contributed by atoms with Crippen molar-refractivity contribution in [3.63, 3.8) is 0 Å². The van der Waals surface area contributed by atoms with Gasteiger partial charge in [0.05, 0.1) is 12.2 Å². The summed E-state index contributed by atoms with van der Waals surface area (Å²) in [6.45, 7) is 2.93. The van der Waals surface area contributed by atoms with Crippen LogP contribution in [0, 0.1) is 0 Å². The maximum atomic E-state index is 11.3. The number of aromatic carboxylic acids is 1. The van der Waals surface area contributed by atoms with Crippen LogP contribution in [0.2, 0.25) is 0 Å². The van der Waals surface area contributed by atoms with Crippen molar-refractivity contribution >= 4 is 23.6 Å². The molecule has 2 N–H and O–H groups in total. The van der Waals surface area contributed by atoms with Crippen LogP contribution in [0.3, 0.4) is 0 Å². The fourth-order valence-corrected chi connectivity index (χ4v) is 3.49. The number of allylic oxidation sites excluding steroid dienone is 2. The minimum atomic E-state index is -1.07. The molecule has 0 aliphatic heterocycles. The van der Waals surface area contributed by atoms with Gasteiger partial charge in [-0.15, -0.1) is 0 Å². The maximum absolute atomic E-state index is 11.3. The molecule has 0 atom stereocenters. The van der Waals surface area contributed by atoms with E-state index in [1.165, 1.54) is 63.2 Å². The molecule has 0 heterocycles. The molecule has 2 aromatic rings. The average Bonchev–Trinajstić information content (AvgIpc) is 2.81. The van der Waals surface area contributed by atoms with Crippen molar-refractivity contribution in [2.75, 3.05) is 6.61 Å². The number of ether oxygens (including phenoxy) is 1. The molecule has 0 aromatic heterocycles. The van der Waals surface area contributed by atoms with Crippen molar-refractivity contribution in [3.8, 4) is 5.75 Å². The Balaban J connectivity index is 1.95. The molecule has 0 spiro atoms. The molecule has 5 heteroatoms. The molecule has 0 bridgehead atoms. The number of rotatable bonds is 15. The summed E-state index contributed by atoms with van der Waals surface area (Å²) in [4.78, 5) is 22.3. The summed E-state index contributed by atoms with van der Waals surface area (Å²) in [7, 11) is 0. The van der Waals surface area contributed by atoms with Crippen LogP contribution in [0.25, 0.3) is 11.6 Å². The lowest BCUT2D eigenvalue weighted by Crippen LogP contribution is -1.97. The summed E-state index contributed by atoms with van der Waals surface area (Å²) in [5.74, 6) is -1.30. The first kappa shape index (κ1) is 25.9. The van der Waals surface area contributed by atoms with E-state index >= 15 is 0 Å². The third-order valence-electron chi connectivity index (χ3n) is 5.32. The Bertz CT molecular complexity index is 941. The van der Waals surface area contributed by atoms with Crippen LogP contribution >= 0.6 is 0 Å². The Morgan fingerprint density at radius 1 is 0.818 bits per heavy atom. The van der Waals surface area contributed by atoms with Gasteiger partial charge >= 0.3 is 11.9 Å². The average molecular weight is 451 g/mol. The molecule has 0 saturated heterocycles. The normalized spacial score (nSPS) is 11.6. The third-order valence-corrected chi connectivity index (χ3v) is 5.32. The molecular formula is C28H34O5. The molecule has 0 saturated carbocycles. The van der Waals surface area contributed by atoms with Gasteiger partial charge in [0.2, 0.25) is 0 Å². The van der Waals surface area contributed by atoms with Gasteiger partial charge in [-0.25, -0.2) is 9.59 Å². The van der Waals surface area contributed by atoms with Gasteiger partial charge in [0, 0.05) is 6.08 Å². The van der Waals surface area contributed by atoms with E-state index in [2.05, 4.69) is 6.92 Å². The highest BCUT2D eigenvalue weighted by molar-refractivity contribution is 5.94. The SMILES string of the molecule is CCCCCCCCCCOc1ccc(C=C(C=CC(=O)O)c2cccc(C(=O)O)c2)cc1. The first-order chi connectivity index (χ1) is 16.0. The Hall–Kier alpha value is -3.34. The number of unbranched alkanes of at least 4 members (excludes halogenated alkanes) is 7. The number of carboxylic acid groups (broad SMARTS) is 2. The fourth-order valence-electron chi connectivity index (χ4n) is 3.49. The van der Waals surface area contributed by atoms with E-state index in [0.717, 1.165) is 23.8 Å². The number of aliphatic carboxylic acids is 1. The van der Waals surface area contributed by atoms with E-state index in [0.29, 0.717) is 17.7 Å². The first-order valence-electron chi connectivity index (χ1n) is 11.7. The number of hydrogen-bond donors (Lipinski definition) is 2. The molecular weight excluding hydrogens is 416 g/mol. The number of carboxylic acids is 2. The molecule has 2 aromatic carbocycles. The standard InChI is InChI=1S/C28H34O5/c1-2-3-4-5-6-7-8-9-19-33-26-16-13-22(14-17-26)20-24(15-18-27(29)30)23-11-10-12-25(21-23)28(31)32/h10-18,20-21H,2-9,19H2,1H3,(H,29,30)(H,31,32). The molecule has 0 amide bonds.